The van der Waals surface area contributed by atoms with Crippen molar-refractivity contribution in [1.29, 1.82) is 0 Å². The Labute approximate surface area is 135 Å². The number of carbonyl (C=O) groups is 3. The highest BCUT2D eigenvalue weighted by Gasteiger charge is 2.31. The average Bonchev–Trinajstić information content (AvgIpc) is 2.93. The van der Waals surface area contributed by atoms with Gasteiger partial charge < -0.3 is 15.0 Å². The maximum atomic E-state index is 12.0. The molecule has 1 aromatic carbocycles. The molecule has 1 fully saturated rings. The van der Waals surface area contributed by atoms with Gasteiger partial charge in [-0.15, -0.1) is 0 Å². The van der Waals surface area contributed by atoms with Crippen molar-refractivity contribution in [3.63, 3.8) is 0 Å². The summed E-state index contributed by atoms with van der Waals surface area (Å²) in [5.74, 6) is -0.601. The normalized spacial score (nSPS) is 17.5. The predicted molar refractivity (Wildman–Crippen MR) is 84.5 cm³/mol. The standard InChI is InChI=1S/C17H20N2O4/c1-23-17(22)8-5-9-18-15(20)12-19-11-14(10-16(19)21)13-6-3-2-4-7-13/h2-8,14H,9-12H2,1H3,(H,18,20)/b8-5+. The highest BCUT2D eigenvalue weighted by atomic mass is 16.5. The molecule has 0 spiro atoms. The molecule has 1 atom stereocenters. The molecule has 0 aromatic heterocycles. The Morgan fingerprint density at radius 3 is 2.78 bits per heavy atom. The van der Waals surface area contributed by atoms with Crippen LogP contribution in [0.15, 0.2) is 42.5 Å². The van der Waals surface area contributed by atoms with E-state index in [2.05, 4.69) is 10.1 Å². The first-order chi connectivity index (χ1) is 11.1. The monoisotopic (exact) mass is 316 g/mol. The van der Waals surface area contributed by atoms with Gasteiger partial charge in [-0.2, -0.15) is 0 Å². The molecular weight excluding hydrogens is 296 g/mol. The van der Waals surface area contributed by atoms with E-state index >= 15 is 0 Å². The van der Waals surface area contributed by atoms with Crippen molar-refractivity contribution < 1.29 is 19.1 Å². The van der Waals surface area contributed by atoms with E-state index in [-0.39, 0.29) is 30.8 Å². The second kappa shape index (κ2) is 8.12. The SMILES string of the molecule is COC(=O)/C=C/CNC(=O)CN1CC(c2ccccc2)CC1=O. The largest absolute Gasteiger partial charge is 0.466 e. The zero-order chi connectivity index (χ0) is 16.7. The molecule has 6 nitrogen and oxygen atoms in total. The van der Waals surface area contributed by atoms with Gasteiger partial charge in [-0.3, -0.25) is 9.59 Å². The van der Waals surface area contributed by atoms with Crippen molar-refractivity contribution in [3.05, 3.63) is 48.0 Å². The first kappa shape index (κ1) is 16.7. The third kappa shape index (κ3) is 4.95. The molecule has 1 aliphatic heterocycles. The number of hydrogen-bond donors (Lipinski definition) is 1. The van der Waals surface area contributed by atoms with Crippen LogP contribution in [-0.4, -0.2) is 49.4 Å². The van der Waals surface area contributed by atoms with Gasteiger partial charge in [-0.05, 0) is 5.56 Å². The van der Waals surface area contributed by atoms with Gasteiger partial charge in [0.2, 0.25) is 11.8 Å². The minimum Gasteiger partial charge on any atom is -0.466 e. The van der Waals surface area contributed by atoms with Crippen LogP contribution in [0.2, 0.25) is 0 Å². The maximum absolute atomic E-state index is 12.0. The molecule has 1 aliphatic rings. The van der Waals surface area contributed by atoms with Crippen LogP contribution < -0.4 is 5.32 Å². The van der Waals surface area contributed by atoms with E-state index in [0.29, 0.717) is 13.0 Å². The fourth-order valence-electron chi connectivity index (χ4n) is 2.50. The number of rotatable bonds is 6. The molecule has 2 rings (SSSR count). The summed E-state index contributed by atoms with van der Waals surface area (Å²) in [6.07, 6.45) is 3.18. The van der Waals surface area contributed by atoms with Gasteiger partial charge in [0, 0.05) is 31.5 Å². The maximum Gasteiger partial charge on any atom is 0.330 e. The van der Waals surface area contributed by atoms with E-state index in [1.165, 1.54) is 19.3 Å². The Kier molecular flexibility index (Phi) is 5.91. The highest BCUT2D eigenvalue weighted by Crippen LogP contribution is 2.27. The second-order valence-electron chi connectivity index (χ2n) is 5.32. The fraction of sp³-hybridized carbons (Fsp3) is 0.353. The van der Waals surface area contributed by atoms with Gasteiger partial charge in [-0.1, -0.05) is 36.4 Å². The lowest BCUT2D eigenvalue weighted by atomic mass is 9.99. The summed E-state index contributed by atoms with van der Waals surface area (Å²) in [6.45, 7) is 0.806. The van der Waals surface area contributed by atoms with Crippen molar-refractivity contribution in [3.8, 4) is 0 Å². The minimum absolute atomic E-state index is 0.0147. The summed E-state index contributed by atoms with van der Waals surface area (Å²) in [5.41, 5.74) is 1.12. The molecule has 0 radical (unpaired) electrons. The van der Waals surface area contributed by atoms with Crippen LogP contribution in [0.1, 0.15) is 17.9 Å². The summed E-state index contributed by atoms with van der Waals surface area (Å²) in [4.78, 5) is 36.3. The molecule has 0 bridgehead atoms. The van der Waals surface area contributed by atoms with Crippen LogP contribution in [-0.2, 0) is 19.1 Å². The van der Waals surface area contributed by atoms with E-state index in [1.807, 2.05) is 30.3 Å². The number of esters is 1. The molecule has 0 saturated carbocycles. The van der Waals surface area contributed by atoms with Crippen molar-refractivity contribution in [1.82, 2.24) is 10.2 Å². The number of carbonyl (C=O) groups excluding carboxylic acids is 3. The van der Waals surface area contributed by atoms with Gasteiger partial charge in [0.25, 0.3) is 0 Å². The number of ether oxygens (including phenoxy) is 1. The number of amides is 2. The predicted octanol–water partition coefficient (Wildman–Crippen LogP) is 0.848. The molecule has 122 valence electrons. The fourth-order valence-corrected chi connectivity index (χ4v) is 2.50. The van der Waals surface area contributed by atoms with Crippen LogP contribution in [0, 0.1) is 0 Å². The quantitative estimate of drug-likeness (QED) is 0.623. The molecule has 1 unspecified atom stereocenters. The smallest absolute Gasteiger partial charge is 0.330 e. The summed E-state index contributed by atoms with van der Waals surface area (Å²) in [7, 11) is 1.29. The molecule has 1 aromatic rings. The van der Waals surface area contributed by atoms with Crippen LogP contribution >= 0.6 is 0 Å². The average molecular weight is 316 g/mol. The van der Waals surface area contributed by atoms with Crippen molar-refractivity contribution in [2.45, 2.75) is 12.3 Å². The Hall–Kier alpha value is -2.63. The number of likely N-dealkylation sites (tertiary alicyclic amines) is 1. The summed E-state index contributed by atoms with van der Waals surface area (Å²) in [6, 6.07) is 9.83. The first-order valence-electron chi connectivity index (χ1n) is 7.44. The first-order valence-corrected chi connectivity index (χ1v) is 7.44. The number of nitrogens with one attached hydrogen (secondary N) is 1. The highest BCUT2D eigenvalue weighted by molar-refractivity contribution is 5.87. The summed E-state index contributed by atoms with van der Waals surface area (Å²) in [5, 5.41) is 2.64. The molecule has 0 aliphatic carbocycles. The molecule has 23 heavy (non-hydrogen) atoms. The zero-order valence-electron chi connectivity index (χ0n) is 13.0. The number of nitrogens with zero attached hydrogens (tertiary/aromatic N) is 1. The van der Waals surface area contributed by atoms with E-state index < -0.39 is 5.97 Å². The van der Waals surface area contributed by atoms with E-state index in [0.717, 1.165) is 5.56 Å². The second-order valence-corrected chi connectivity index (χ2v) is 5.32. The molecular formula is C17H20N2O4. The van der Waals surface area contributed by atoms with Gasteiger partial charge in [0.1, 0.15) is 0 Å². The number of hydrogen-bond acceptors (Lipinski definition) is 4. The Morgan fingerprint density at radius 2 is 2.09 bits per heavy atom. The van der Waals surface area contributed by atoms with Gasteiger partial charge in [-0.25, -0.2) is 4.79 Å². The third-order valence-electron chi connectivity index (χ3n) is 3.69. The lowest BCUT2D eigenvalue weighted by Crippen LogP contribution is -2.38. The van der Waals surface area contributed by atoms with Crippen LogP contribution in [0.25, 0.3) is 0 Å². The Balaban J connectivity index is 1.79. The lowest BCUT2D eigenvalue weighted by molar-refractivity contribution is -0.134. The molecule has 1 N–H and O–H groups in total. The van der Waals surface area contributed by atoms with Crippen LogP contribution in [0.4, 0.5) is 0 Å². The van der Waals surface area contributed by atoms with Crippen molar-refractivity contribution >= 4 is 17.8 Å². The van der Waals surface area contributed by atoms with Gasteiger partial charge in [0.05, 0.1) is 13.7 Å². The van der Waals surface area contributed by atoms with E-state index in [1.54, 1.807) is 4.90 Å². The number of benzene rings is 1. The van der Waals surface area contributed by atoms with E-state index in [9.17, 15) is 14.4 Å². The Morgan fingerprint density at radius 1 is 1.35 bits per heavy atom. The van der Waals surface area contributed by atoms with Gasteiger partial charge in [0.15, 0.2) is 0 Å². The molecule has 2 amide bonds. The third-order valence-corrected chi connectivity index (χ3v) is 3.69. The van der Waals surface area contributed by atoms with Crippen LogP contribution in [0.5, 0.6) is 0 Å². The number of methoxy groups -OCH3 is 1. The lowest BCUT2D eigenvalue weighted by Gasteiger charge is -2.16. The van der Waals surface area contributed by atoms with E-state index in [4.69, 9.17) is 0 Å². The topological polar surface area (TPSA) is 75.7 Å². The van der Waals surface area contributed by atoms with Crippen LogP contribution in [0.3, 0.4) is 0 Å². The molecule has 6 heteroatoms. The minimum atomic E-state index is -0.473. The molecule has 1 heterocycles. The zero-order valence-corrected chi connectivity index (χ0v) is 13.0. The summed E-state index contributed by atoms with van der Waals surface area (Å²) >= 11 is 0. The molecule has 1 saturated heterocycles. The Bertz CT molecular complexity index is 598. The van der Waals surface area contributed by atoms with Crippen molar-refractivity contribution in [2.75, 3.05) is 26.7 Å². The van der Waals surface area contributed by atoms with Crippen molar-refractivity contribution in [2.24, 2.45) is 0 Å². The van der Waals surface area contributed by atoms with Gasteiger partial charge >= 0.3 is 5.97 Å². The summed E-state index contributed by atoms with van der Waals surface area (Å²) < 4.78 is 4.44.